The van der Waals surface area contributed by atoms with Crippen molar-refractivity contribution in [3.05, 3.63) is 45.9 Å². The Balaban J connectivity index is 1.77. The Morgan fingerprint density at radius 3 is 2.92 bits per heavy atom. The van der Waals surface area contributed by atoms with Crippen LogP contribution in [-0.4, -0.2) is 23.2 Å². The summed E-state index contributed by atoms with van der Waals surface area (Å²) in [7, 11) is 0. The molecule has 2 aromatic rings. The number of rotatable bonds is 4. The minimum Gasteiger partial charge on any atom is -0.443 e. The zero-order chi connectivity index (χ0) is 17.9. The van der Waals surface area contributed by atoms with E-state index < -0.39 is 5.60 Å². The lowest BCUT2D eigenvalue weighted by atomic mass is 9.98. The van der Waals surface area contributed by atoms with Crippen molar-refractivity contribution in [1.29, 1.82) is 0 Å². The molecule has 0 saturated carbocycles. The van der Waals surface area contributed by atoms with Gasteiger partial charge >= 0.3 is 6.09 Å². The van der Waals surface area contributed by atoms with Crippen LogP contribution in [0.2, 0.25) is 0 Å². The molecule has 1 amide bonds. The zero-order valence-corrected chi connectivity index (χ0v) is 15.9. The van der Waals surface area contributed by atoms with Crippen molar-refractivity contribution in [2.75, 3.05) is 11.4 Å². The van der Waals surface area contributed by atoms with Gasteiger partial charge in [-0.15, -0.1) is 11.3 Å². The number of nitrogens with one attached hydrogen (secondary N) is 1. The largest absolute Gasteiger partial charge is 0.443 e. The number of ether oxygens (including phenoxy) is 1. The molecule has 134 valence electrons. The summed E-state index contributed by atoms with van der Waals surface area (Å²) in [6, 6.07) is 6.25. The Hall–Kier alpha value is -1.92. The van der Waals surface area contributed by atoms with E-state index in [-0.39, 0.29) is 6.09 Å². The Bertz CT molecular complexity index is 723. The first kappa shape index (κ1) is 17.9. The predicted molar refractivity (Wildman–Crippen MR) is 101 cm³/mol. The van der Waals surface area contributed by atoms with Crippen molar-refractivity contribution in [1.82, 2.24) is 10.3 Å². The first-order valence-electron chi connectivity index (χ1n) is 8.63. The Morgan fingerprint density at radius 1 is 1.36 bits per heavy atom. The number of thiazole rings is 1. The van der Waals surface area contributed by atoms with E-state index >= 15 is 0 Å². The molecule has 25 heavy (non-hydrogen) atoms. The molecule has 0 atom stereocenters. The van der Waals surface area contributed by atoms with Crippen LogP contribution in [0.3, 0.4) is 0 Å². The van der Waals surface area contributed by atoms with E-state index in [1.165, 1.54) is 5.56 Å². The maximum atomic E-state index is 12.7. The van der Waals surface area contributed by atoms with Gasteiger partial charge in [0.15, 0.2) is 0 Å². The van der Waals surface area contributed by atoms with E-state index in [1.807, 2.05) is 31.7 Å². The van der Waals surface area contributed by atoms with Crippen LogP contribution in [0.15, 0.2) is 29.1 Å². The topological polar surface area (TPSA) is 54.5 Å². The van der Waals surface area contributed by atoms with Gasteiger partial charge in [-0.2, -0.15) is 0 Å². The number of nitrogens with zero attached hydrogens (tertiary/aromatic N) is 2. The second kappa shape index (κ2) is 7.54. The SMILES string of the molecule is CC(C)(C)OC(=O)N1CCCc2cccc(CNCc3cscn3)c21. The summed E-state index contributed by atoms with van der Waals surface area (Å²) >= 11 is 1.60. The lowest BCUT2D eigenvalue weighted by Crippen LogP contribution is -2.40. The highest BCUT2D eigenvalue weighted by molar-refractivity contribution is 7.07. The van der Waals surface area contributed by atoms with Crippen molar-refractivity contribution in [2.24, 2.45) is 0 Å². The standard InChI is InChI=1S/C19H25N3O2S/c1-19(2,3)24-18(23)22-9-5-8-14-6-4-7-15(17(14)22)10-20-11-16-12-25-13-21-16/h4,6-7,12-13,20H,5,8-11H2,1-3H3. The molecular formula is C19H25N3O2S. The van der Waals surface area contributed by atoms with Crippen LogP contribution in [0, 0.1) is 0 Å². The van der Waals surface area contributed by atoms with E-state index in [0.29, 0.717) is 13.1 Å². The van der Waals surface area contributed by atoms with Gasteiger partial charge in [0.05, 0.1) is 16.9 Å². The molecule has 0 spiro atoms. The van der Waals surface area contributed by atoms with Gasteiger partial charge < -0.3 is 10.1 Å². The number of aromatic nitrogens is 1. The third-order valence-corrected chi connectivity index (χ3v) is 4.66. The van der Waals surface area contributed by atoms with E-state index in [2.05, 4.69) is 28.5 Å². The number of hydrogen-bond acceptors (Lipinski definition) is 5. The second-order valence-corrected chi connectivity index (χ2v) is 7.96. The lowest BCUT2D eigenvalue weighted by molar-refractivity contribution is 0.0577. The fourth-order valence-corrected chi connectivity index (χ4v) is 3.58. The highest BCUT2D eigenvalue weighted by Gasteiger charge is 2.28. The van der Waals surface area contributed by atoms with Crippen molar-refractivity contribution in [3.63, 3.8) is 0 Å². The Labute approximate surface area is 153 Å². The summed E-state index contributed by atoms with van der Waals surface area (Å²) in [4.78, 5) is 18.7. The van der Waals surface area contributed by atoms with E-state index in [9.17, 15) is 4.79 Å². The molecule has 1 aromatic heterocycles. The number of fused-ring (bicyclic) bond motifs is 1. The van der Waals surface area contributed by atoms with Crippen LogP contribution in [-0.2, 0) is 24.2 Å². The summed E-state index contributed by atoms with van der Waals surface area (Å²) in [6.45, 7) is 7.82. The summed E-state index contributed by atoms with van der Waals surface area (Å²) in [6.07, 6.45) is 1.69. The molecule has 1 N–H and O–H groups in total. The van der Waals surface area contributed by atoms with Crippen LogP contribution >= 0.6 is 11.3 Å². The number of carbonyl (C=O) groups is 1. The molecular weight excluding hydrogens is 334 g/mol. The number of aryl methyl sites for hydroxylation is 1. The summed E-state index contributed by atoms with van der Waals surface area (Å²) in [5.41, 5.74) is 5.73. The average molecular weight is 359 g/mol. The average Bonchev–Trinajstić information content (AvgIpc) is 3.06. The number of para-hydroxylation sites is 1. The molecule has 0 radical (unpaired) electrons. The third kappa shape index (κ3) is 4.58. The van der Waals surface area contributed by atoms with Crippen molar-refractivity contribution < 1.29 is 9.53 Å². The normalized spacial score (nSPS) is 14.3. The molecule has 2 heterocycles. The minimum atomic E-state index is -0.494. The van der Waals surface area contributed by atoms with Gasteiger partial charge in [0.2, 0.25) is 0 Å². The number of carbonyl (C=O) groups excluding carboxylic acids is 1. The van der Waals surface area contributed by atoms with Crippen molar-refractivity contribution >= 4 is 23.1 Å². The molecule has 1 aliphatic rings. The molecule has 0 unspecified atom stereocenters. The lowest BCUT2D eigenvalue weighted by Gasteiger charge is -2.33. The maximum absolute atomic E-state index is 12.7. The van der Waals surface area contributed by atoms with Crippen molar-refractivity contribution in [2.45, 2.75) is 52.3 Å². The highest BCUT2D eigenvalue weighted by atomic mass is 32.1. The highest BCUT2D eigenvalue weighted by Crippen LogP contribution is 2.32. The zero-order valence-electron chi connectivity index (χ0n) is 15.0. The summed E-state index contributed by atoms with van der Waals surface area (Å²) in [5, 5.41) is 5.47. The van der Waals surface area contributed by atoms with Gasteiger partial charge in [-0.05, 0) is 44.7 Å². The fourth-order valence-electron chi connectivity index (χ4n) is 3.02. The first-order valence-corrected chi connectivity index (χ1v) is 9.57. The van der Waals surface area contributed by atoms with Crippen LogP contribution in [0.1, 0.15) is 44.0 Å². The number of benzene rings is 1. The maximum Gasteiger partial charge on any atom is 0.414 e. The molecule has 0 saturated heterocycles. The number of hydrogen-bond donors (Lipinski definition) is 1. The quantitative estimate of drug-likeness (QED) is 0.892. The predicted octanol–water partition coefficient (Wildman–Crippen LogP) is 4.12. The van der Waals surface area contributed by atoms with Gasteiger partial charge in [0.1, 0.15) is 5.60 Å². The van der Waals surface area contributed by atoms with Crippen LogP contribution in [0.25, 0.3) is 0 Å². The molecule has 6 heteroatoms. The first-order chi connectivity index (χ1) is 11.9. The van der Waals surface area contributed by atoms with Gasteiger partial charge in [0, 0.05) is 25.0 Å². The molecule has 0 aliphatic carbocycles. The fraction of sp³-hybridized carbons (Fsp3) is 0.474. The Kier molecular flexibility index (Phi) is 5.39. The molecule has 1 aromatic carbocycles. The second-order valence-electron chi connectivity index (χ2n) is 7.24. The smallest absolute Gasteiger partial charge is 0.414 e. The summed E-state index contributed by atoms with van der Waals surface area (Å²) in [5.74, 6) is 0. The third-order valence-electron chi connectivity index (χ3n) is 4.02. The number of anilines is 1. The molecule has 0 bridgehead atoms. The molecule has 3 rings (SSSR count). The molecule has 0 fully saturated rings. The van der Waals surface area contributed by atoms with Crippen LogP contribution in [0.4, 0.5) is 10.5 Å². The van der Waals surface area contributed by atoms with Gasteiger partial charge in [-0.25, -0.2) is 9.78 Å². The van der Waals surface area contributed by atoms with Crippen molar-refractivity contribution in [3.8, 4) is 0 Å². The van der Waals surface area contributed by atoms with Gasteiger partial charge in [0.25, 0.3) is 0 Å². The monoisotopic (exact) mass is 359 g/mol. The summed E-state index contributed by atoms with van der Waals surface area (Å²) < 4.78 is 5.61. The van der Waals surface area contributed by atoms with E-state index in [1.54, 1.807) is 16.2 Å². The molecule has 1 aliphatic heterocycles. The minimum absolute atomic E-state index is 0.264. The van der Waals surface area contributed by atoms with Gasteiger partial charge in [-0.1, -0.05) is 18.2 Å². The van der Waals surface area contributed by atoms with Crippen LogP contribution in [0.5, 0.6) is 0 Å². The Morgan fingerprint density at radius 2 is 2.20 bits per heavy atom. The van der Waals surface area contributed by atoms with Gasteiger partial charge in [-0.3, -0.25) is 4.90 Å². The van der Waals surface area contributed by atoms with E-state index in [0.717, 1.165) is 36.3 Å². The number of amides is 1. The van der Waals surface area contributed by atoms with E-state index in [4.69, 9.17) is 4.74 Å². The van der Waals surface area contributed by atoms with Crippen LogP contribution < -0.4 is 10.2 Å². The molecule has 5 nitrogen and oxygen atoms in total.